The molecule has 4 heterocycles. The van der Waals surface area contributed by atoms with Gasteiger partial charge in [0.2, 0.25) is 5.82 Å². The zero-order valence-corrected chi connectivity index (χ0v) is 19.7. The maximum Gasteiger partial charge on any atom is 0.332 e. The standard InChI is InChI=1S/C26H28F2N6O/c1-32-16-29-31-25(32)26(27,28)18-6-5-7-20(12-18)34-15-22(17-8-9-17)21-13-19(30-23(21)24(34)35)14-33-10-3-2-4-11-33/h5-7,12-13,15-17,30H,2-4,8-11,14H2,1H3. The van der Waals surface area contributed by atoms with Crippen LogP contribution in [0.15, 0.2) is 47.7 Å². The van der Waals surface area contributed by atoms with Gasteiger partial charge in [0.05, 0.1) is 0 Å². The van der Waals surface area contributed by atoms with Crippen LogP contribution in [-0.4, -0.2) is 42.3 Å². The summed E-state index contributed by atoms with van der Waals surface area (Å²) in [6.45, 7) is 2.93. The number of pyridine rings is 1. The molecule has 0 amide bonds. The minimum Gasteiger partial charge on any atom is -0.353 e. The Morgan fingerprint density at radius 1 is 1.14 bits per heavy atom. The third-order valence-corrected chi connectivity index (χ3v) is 7.22. The van der Waals surface area contributed by atoms with Crippen molar-refractivity contribution in [2.75, 3.05) is 13.1 Å². The molecule has 4 aromatic rings. The van der Waals surface area contributed by atoms with Crippen LogP contribution in [0.5, 0.6) is 0 Å². The molecule has 1 aliphatic carbocycles. The van der Waals surface area contributed by atoms with Crippen molar-refractivity contribution < 1.29 is 8.78 Å². The summed E-state index contributed by atoms with van der Waals surface area (Å²) in [6, 6.07) is 8.09. The SMILES string of the molecule is Cn1cnnc1C(F)(F)c1cccc(-n2cc(C3CC3)c3cc(CN4CCCCC4)[nH]c3c2=O)c1. The van der Waals surface area contributed by atoms with Crippen LogP contribution in [0.1, 0.15) is 60.7 Å². The third-order valence-electron chi connectivity index (χ3n) is 7.22. The van der Waals surface area contributed by atoms with E-state index in [0.29, 0.717) is 17.1 Å². The molecule has 2 fully saturated rings. The topological polar surface area (TPSA) is 71.7 Å². The lowest BCUT2D eigenvalue weighted by atomic mass is 10.1. The van der Waals surface area contributed by atoms with E-state index in [2.05, 4.69) is 26.1 Å². The Hall–Kier alpha value is -3.33. The first-order chi connectivity index (χ1) is 16.9. The van der Waals surface area contributed by atoms with Crippen molar-refractivity contribution in [3.63, 3.8) is 0 Å². The van der Waals surface area contributed by atoms with Crippen LogP contribution in [-0.2, 0) is 19.5 Å². The number of H-pyrrole nitrogens is 1. The van der Waals surface area contributed by atoms with Crippen LogP contribution >= 0.6 is 0 Å². The normalized spacial score (nSPS) is 17.3. The number of piperidine rings is 1. The van der Waals surface area contributed by atoms with Crippen molar-refractivity contribution in [1.29, 1.82) is 0 Å². The fourth-order valence-corrected chi connectivity index (χ4v) is 5.20. The van der Waals surface area contributed by atoms with Gasteiger partial charge in [0, 0.05) is 42.1 Å². The summed E-state index contributed by atoms with van der Waals surface area (Å²) in [5, 5.41) is 8.16. The molecule has 6 rings (SSSR count). The Kier molecular flexibility index (Phi) is 5.32. The number of hydrogen-bond donors (Lipinski definition) is 1. The molecule has 1 aliphatic heterocycles. The fourth-order valence-electron chi connectivity index (χ4n) is 5.20. The Labute approximate surface area is 201 Å². The molecule has 3 aromatic heterocycles. The van der Waals surface area contributed by atoms with Crippen molar-refractivity contribution in [2.45, 2.75) is 50.5 Å². The van der Waals surface area contributed by atoms with Crippen LogP contribution in [0.4, 0.5) is 8.78 Å². The Balaban J connectivity index is 1.43. The minimum atomic E-state index is -3.34. The van der Waals surface area contributed by atoms with E-state index in [1.807, 2.05) is 6.20 Å². The number of aryl methyl sites for hydroxylation is 1. The quantitative estimate of drug-likeness (QED) is 0.445. The molecule has 1 saturated carbocycles. The number of likely N-dealkylation sites (tertiary alicyclic amines) is 1. The van der Waals surface area contributed by atoms with E-state index in [9.17, 15) is 4.79 Å². The number of nitrogens with one attached hydrogen (secondary N) is 1. The van der Waals surface area contributed by atoms with Gasteiger partial charge in [-0.3, -0.25) is 14.3 Å². The van der Waals surface area contributed by atoms with Crippen LogP contribution in [0.2, 0.25) is 0 Å². The number of aromatic amines is 1. The monoisotopic (exact) mass is 478 g/mol. The molecule has 35 heavy (non-hydrogen) atoms. The highest BCUT2D eigenvalue weighted by atomic mass is 19.3. The lowest BCUT2D eigenvalue weighted by molar-refractivity contribution is 0.0295. The predicted octanol–water partition coefficient (Wildman–Crippen LogP) is 4.45. The van der Waals surface area contributed by atoms with Crippen molar-refractivity contribution in [3.05, 3.63) is 75.9 Å². The van der Waals surface area contributed by atoms with Gasteiger partial charge in [-0.1, -0.05) is 18.6 Å². The molecule has 182 valence electrons. The minimum absolute atomic E-state index is 0.228. The lowest BCUT2D eigenvalue weighted by Gasteiger charge is -2.25. The average Bonchev–Trinajstić information content (AvgIpc) is 3.46. The first-order valence-electron chi connectivity index (χ1n) is 12.2. The predicted molar refractivity (Wildman–Crippen MR) is 129 cm³/mol. The first kappa shape index (κ1) is 22.2. The van der Waals surface area contributed by atoms with Gasteiger partial charge in [-0.15, -0.1) is 10.2 Å². The van der Waals surface area contributed by atoms with E-state index in [1.54, 1.807) is 12.1 Å². The van der Waals surface area contributed by atoms with E-state index in [1.165, 1.54) is 53.9 Å². The van der Waals surface area contributed by atoms with E-state index < -0.39 is 11.7 Å². The molecule has 0 spiro atoms. The highest BCUT2D eigenvalue weighted by molar-refractivity contribution is 5.84. The number of benzene rings is 1. The number of nitrogens with zero attached hydrogens (tertiary/aromatic N) is 5. The second kappa shape index (κ2) is 8.41. The molecule has 2 aliphatic rings. The summed E-state index contributed by atoms with van der Waals surface area (Å²) >= 11 is 0. The van der Waals surface area contributed by atoms with Gasteiger partial charge in [0.1, 0.15) is 11.8 Å². The molecule has 0 radical (unpaired) electrons. The summed E-state index contributed by atoms with van der Waals surface area (Å²) in [6.07, 6.45) is 8.93. The summed E-state index contributed by atoms with van der Waals surface area (Å²) in [7, 11) is 1.49. The summed E-state index contributed by atoms with van der Waals surface area (Å²) in [5.41, 5.74) is 2.63. The summed E-state index contributed by atoms with van der Waals surface area (Å²) in [4.78, 5) is 19.4. The van der Waals surface area contributed by atoms with Gasteiger partial charge >= 0.3 is 5.92 Å². The second-order valence-electron chi connectivity index (χ2n) is 9.84. The van der Waals surface area contributed by atoms with Crippen LogP contribution < -0.4 is 5.56 Å². The zero-order valence-electron chi connectivity index (χ0n) is 19.7. The molecule has 9 heteroatoms. The molecule has 1 aromatic carbocycles. The molecule has 7 nitrogen and oxygen atoms in total. The number of hydrogen-bond acceptors (Lipinski definition) is 4. The van der Waals surface area contributed by atoms with Crippen LogP contribution in [0.25, 0.3) is 16.6 Å². The highest BCUT2D eigenvalue weighted by Gasteiger charge is 2.39. The highest BCUT2D eigenvalue weighted by Crippen LogP contribution is 2.43. The Morgan fingerprint density at radius 3 is 2.66 bits per heavy atom. The third kappa shape index (κ3) is 3.97. The largest absolute Gasteiger partial charge is 0.353 e. The molecule has 0 atom stereocenters. The summed E-state index contributed by atoms with van der Waals surface area (Å²) in [5.74, 6) is -3.39. The zero-order chi connectivity index (χ0) is 24.2. The van der Waals surface area contributed by atoms with Gasteiger partial charge in [0.25, 0.3) is 5.56 Å². The maximum atomic E-state index is 15.3. The molecule has 0 bridgehead atoms. The van der Waals surface area contributed by atoms with Crippen molar-refractivity contribution in [1.82, 2.24) is 29.2 Å². The first-order valence-corrected chi connectivity index (χ1v) is 12.2. The number of halogens is 2. The number of aromatic nitrogens is 5. The molecule has 0 unspecified atom stereocenters. The smallest absolute Gasteiger partial charge is 0.332 e. The Bertz CT molecular complexity index is 1440. The number of rotatable bonds is 6. The van der Waals surface area contributed by atoms with Crippen LogP contribution in [0, 0.1) is 0 Å². The van der Waals surface area contributed by atoms with E-state index in [4.69, 9.17) is 0 Å². The fraction of sp³-hybridized carbons (Fsp3) is 0.423. The molecule has 1 N–H and O–H groups in total. The van der Waals surface area contributed by atoms with Gasteiger partial charge in [-0.25, -0.2) is 0 Å². The van der Waals surface area contributed by atoms with Crippen molar-refractivity contribution in [3.8, 4) is 5.69 Å². The van der Waals surface area contributed by atoms with E-state index in [0.717, 1.165) is 49.1 Å². The lowest BCUT2D eigenvalue weighted by Crippen LogP contribution is -2.29. The molecular formula is C26H28F2N6O. The Morgan fingerprint density at radius 2 is 1.94 bits per heavy atom. The number of alkyl halides is 2. The van der Waals surface area contributed by atoms with E-state index >= 15 is 8.78 Å². The van der Waals surface area contributed by atoms with Gasteiger partial charge in [-0.05, 0) is 68.5 Å². The maximum absolute atomic E-state index is 15.3. The second-order valence-corrected chi connectivity index (χ2v) is 9.84. The molecule has 1 saturated heterocycles. The van der Waals surface area contributed by atoms with Crippen molar-refractivity contribution in [2.24, 2.45) is 7.05 Å². The average molecular weight is 479 g/mol. The van der Waals surface area contributed by atoms with Crippen LogP contribution in [0.3, 0.4) is 0 Å². The van der Waals surface area contributed by atoms with Gasteiger partial charge in [-0.2, -0.15) is 8.78 Å². The van der Waals surface area contributed by atoms with E-state index in [-0.39, 0.29) is 11.1 Å². The molecular weight excluding hydrogens is 450 g/mol. The van der Waals surface area contributed by atoms with Gasteiger partial charge in [0.15, 0.2) is 0 Å². The summed E-state index contributed by atoms with van der Waals surface area (Å²) < 4.78 is 33.2. The van der Waals surface area contributed by atoms with Gasteiger partial charge < -0.3 is 9.55 Å². The van der Waals surface area contributed by atoms with Crippen molar-refractivity contribution >= 4 is 10.9 Å². The number of fused-ring (bicyclic) bond motifs is 1.